The maximum absolute atomic E-state index is 6.88. The molecule has 1 aliphatic rings. The molecule has 84 valence electrons. The predicted octanol–water partition coefficient (Wildman–Crippen LogP) is 2.82. The van der Waals surface area contributed by atoms with Crippen LogP contribution in [0.3, 0.4) is 0 Å². The smallest absolute Gasteiger partial charge is 0.217 e. The van der Waals surface area contributed by atoms with Gasteiger partial charge in [0.05, 0.1) is 0 Å². The lowest BCUT2D eigenvalue weighted by Gasteiger charge is -2.29. The average molecular weight is 214 g/mol. The Morgan fingerprint density at radius 2 is 1.88 bits per heavy atom. The molecule has 1 heterocycles. The van der Waals surface area contributed by atoms with Gasteiger partial charge in [-0.3, -0.25) is 4.90 Å². The molecule has 0 saturated carbocycles. The van der Waals surface area contributed by atoms with E-state index in [1.54, 1.807) is 0 Å². The van der Waals surface area contributed by atoms with E-state index in [1.165, 1.54) is 18.4 Å². The van der Waals surface area contributed by atoms with Gasteiger partial charge in [-0.1, -0.05) is 30.3 Å². The van der Waals surface area contributed by atoms with Gasteiger partial charge in [-0.15, -0.1) is 0 Å². The molecule has 0 unspecified atom stereocenters. The molecule has 0 radical (unpaired) electrons. The standard InChI is InChI=1S/C14H18N2/c1-15-11-13-7-9-16(10-8-13)12-14-5-3-2-4-6-14/h2-6,13H,7-12H2. The van der Waals surface area contributed by atoms with Crippen LogP contribution < -0.4 is 0 Å². The Kier molecular flexibility index (Phi) is 3.96. The third-order valence-corrected chi connectivity index (χ3v) is 3.31. The molecule has 1 fully saturated rings. The molecule has 2 nitrogen and oxygen atoms in total. The summed E-state index contributed by atoms with van der Waals surface area (Å²) in [5.41, 5.74) is 1.39. The van der Waals surface area contributed by atoms with Crippen molar-refractivity contribution in [2.24, 2.45) is 5.92 Å². The summed E-state index contributed by atoms with van der Waals surface area (Å²) >= 11 is 0. The number of likely N-dealkylation sites (tertiary alicyclic amines) is 1. The minimum Gasteiger partial charge on any atom is -0.317 e. The fourth-order valence-electron chi connectivity index (χ4n) is 2.30. The SMILES string of the molecule is [C-]#[N+]CC1CCN(Cc2ccccc2)CC1. The van der Waals surface area contributed by atoms with E-state index in [0.29, 0.717) is 5.92 Å². The zero-order valence-electron chi connectivity index (χ0n) is 9.60. The molecule has 1 aromatic rings. The van der Waals surface area contributed by atoms with E-state index < -0.39 is 0 Å². The third kappa shape index (κ3) is 3.08. The quantitative estimate of drug-likeness (QED) is 0.702. The van der Waals surface area contributed by atoms with Crippen LogP contribution in [0, 0.1) is 12.5 Å². The van der Waals surface area contributed by atoms with Gasteiger partial charge < -0.3 is 4.85 Å². The molecule has 2 heteroatoms. The van der Waals surface area contributed by atoms with Crippen molar-refractivity contribution in [3.63, 3.8) is 0 Å². The first-order valence-corrected chi connectivity index (χ1v) is 5.98. The lowest BCUT2D eigenvalue weighted by atomic mass is 9.97. The summed E-state index contributed by atoms with van der Waals surface area (Å²) in [7, 11) is 0. The predicted molar refractivity (Wildman–Crippen MR) is 65.9 cm³/mol. The number of piperidine rings is 1. The van der Waals surface area contributed by atoms with Crippen molar-refractivity contribution in [3.05, 3.63) is 47.3 Å². The maximum atomic E-state index is 6.88. The van der Waals surface area contributed by atoms with Gasteiger partial charge in [0.1, 0.15) is 0 Å². The van der Waals surface area contributed by atoms with Crippen LogP contribution in [0.4, 0.5) is 0 Å². The van der Waals surface area contributed by atoms with Crippen LogP contribution in [-0.4, -0.2) is 24.5 Å². The Balaban J connectivity index is 1.80. The Morgan fingerprint density at radius 1 is 1.19 bits per heavy atom. The highest BCUT2D eigenvalue weighted by Crippen LogP contribution is 2.19. The van der Waals surface area contributed by atoms with Gasteiger partial charge in [0.15, 0.2) is 0 Å². The molecule has 0 amide bonds. The summed E-state index contributed by atoms with van der Waals surface area (Å²) in [6.07, 6.45) is 2.38. The van der Waals surface area contributed by atoms with Gasteiger partial charge in [0, 0.05) is 12.5 Å². The second-order valence-corrected chi connectivity index (χ2v) is 4.55. The Hall–Kier alpha value is -1.33. The molecular formula is C14H18N2. The third-order valence-electron chi connectivity index (χ3n) is 3.31. The van der Waals surface area contributed by atoms with Crippen molar-refractivity contribution in [2.45, 2.75) is 19.4 Å². The molecule has 0 bridgehead atoms. The first kappa shape index (κ1) is 11.2. The summed E-state index contributed by atoms with van der Waals surface area (Å²) in [6.45, 7) is 11.0. The van der Waals surface area contributed by atoms with Crippen molar-refractivity contribution in [1.29, 1.82) is 0 Å². The van der Waals surface area contributed by atoms with E-state index in [4.69, 9.17) is 6.57 Å². The van der Waals surface area contributed by atoms with Crippen LogP contribution in [-0.2, 0) is 6.54 Å². The van der Waals surface area contributed by atoms with E-state index >= 15 is 0 Å². The van der Waals surface area contributed by atoms with Crippen LogP contribution in [0.1, 0.15) is 18.4 Å². The number of nitrogens with zero attached hydrogens (tertiary/aromatic N) is 2. The molecule has 1 aliphatic heterocycles. The minimum absolute atomic E-state index is 0.643. The lowest BCUT2D eigenvalue weighted by molar-refractivity contribution is 0.184. The molecule has 0 atom stereocenters. The molecule has 16 heavy (non-hydrogen) atoms. The van der Waals surface area contributed by atoms with Crippen LogP contribution in [0.15, 0.2) is 30.3 Å². The number of hydrogen-bond donors (Lipinski definition) is 0. The minimum atomic E-state index is 0.643. The maximum Gasteiger partial charge on any atom is 0.217 e. The molecule has 0 spiro atoms. The second kappa shape index (κ2) is 5.67. The Labute approximate surface area is 97.7 Å². The Bertz CT molecular complexity index is 345. The van der Waals surface area contributed by atoms with E-state index in [2.05, 4.69) is 40.1 Å². The molecule has 0 aromatic heterocycles. The van der Waals surface area contributed by atoms with Gasteiger partial charge >= 0.3 is 0 Å². The highest BCUT2D eigenvalue weighted by atomic mass is 15.1. The molecule has 0 N–H and O–H groups in total. The molecule has 2 rings (SSSR count). The monoisotopic (exact) mass is 214 g/mol. The van der Waals surface area contributed by atoms with E-state index in [-0.39, 0.29) is 0 Å². The number of rotatable bonds is 3. The second-order valence-electron chi connectivity index (χ2n) is 4.55. The largest absolute Gasteiger partial charge is 0.317 e. The normalized spacial score (nSPS) is 18.2. The van der Waals surface area contributed by atoms with Gasteiger partial charge in [0.2, 0.25) is 6.54 Å². The van der Waals surface area contributed by atoms with Crippen LogP contribution in [0.2, 0.25) is 0 Å². The summed E-state index contributed by atoms with van der Waals surface area (Å²) < 4.78 is 0. The van der Waals surface area contributed by atoms with Crippen molar-refractivity contribution in [2.75, 3.05) is 19.6 Å². The van der Waals surface area contributed by atoms with Crippen LogP contribution >= 0.6 is 0 Å². The van der Waals surface area contributed by atoms with E-state index in [9.17, 15) is 0 Å². The lowest BCUT2D eigenvalue weighted by Crippen LogP contribution is -2.33. The van der Waals surface area contributed by atoms with Crippen molar-refractivity contribution < 1.29 is 0 Å². The van der Waals surface area contributed by atoms with Crippen molar-refractivity contribution in [3.8, 4) is 0 Å². The number of benzene rings is 1. The summed E-state index contributed by atoms with van der Waals surface area (Å²) in [6, 6.07) is 10.6. The van der Waals surface area contributed by atoms with Crippen molar-refractivity contribution in [1.82, 2.24) is 4.90 Å². The molecular weight excluding hydrogens is 196 g/mol. The summed E-state index contributed by atoms with van der Waals surface area (Å²) in [5, 5.41) is 0. The number of hydrogen-bond acceptors (Lipinski definition) is 1. The zero-order chi connectivity index (χ0) is 11.2. The van der Waals surface area contributed by atoms with Gasteiger partial charge in [-0.25, -0.2) is 6.57 Å². The Morgan fingerprint density at radius 3 is 2.50 bits per heavy atom. The first-order chi connectivity index (χ1) is 7.88. The highest BCUT2D eigenvalue weighted by molar-refractivity contribution is 5.14. The van der Waals surface area contributed by atoms with Crippen LogP contribution in [0.25, 0.3) is 4.85 Å². The summed E-state index contributed by atoms with van der Waals surface area (Å²) in [5.74, 6) is 0.643. The topological polar surface area (TPSA) is 7.60 Å². The molecule has 1 saturated heterocycles. The first-order valence-electron chi connectivity index (χ1n) is 5.98. The summed E-state index contributed by atoms with van der Waals surface area (Å²) in [4.78, 5) is 6.00. The van der Waals surface area contributed by atoms with Gasteiger partial charge in [-0.2, -0.15) is 0 Å². The average Bonchev–Trinajstić information content (AvgIpc) is 2.33. The van der Waals surface area contributed by atoms with Gasteiger partial charge in [0.25, 0.3) is 0 Å². The van der Waals surface area contributed by atoms with E-state index in [0.717, 1.165) is 26.2 Å². The molecule has 0 aliphatic carbocycles. The van der Waals surface area contributed by atoms with Gasteiger partial charge in [-0.05, 0) is 31.5 Å². The van der Waals surface area contributed by atoms with Crippen LogP contribution in [0.5, 0.6) is 0 Å². The fourth-order valence-corrected chi connectivity index (χ4v) is 2.30. The zero-order valence-corrected chi connectivity index (χ0v) is 9.60. The molecule has 1 aromatic carbocycles. The van der Waals surface area contributed by atoms with E-state index in [1.807, 2.05) is 0 Å². The van der Waals surface area contributed by atoms with Crippen molar-refractivity contribution >= 4 is 0 Å². The fraction of sp³-hybridized carbons (Fsp3) is 0.500. The highest BCUT2D eigenvalue weighted by Gasteiger charge is 2.20.